The summed E-state index contributed by atoms with van der Waals surface area (Å²) in [5, 5.41) is 61.8. The summed E-state index contributed by atoms with van der Waals surface area (Å²) < 4.78 is 35.3. The monoisotopic (exact) mass is 911 g/mol. The van der Waals surface area contributed by atoms with E-state index in [1.807, 2.05) is 0 Å². The first kappa shape index (κ1) is 59.8. The van der Waals surface area contributed by atoms with E-state index in [-0.39, 0.29) is 13.2 Å². The van der Waals surface area contributed by atoms with Crippen molar-refractivity contribution in [3.63, 3.8) is 0 Å². The molecule has 0 aromatic rings. The lowest BCUT2D eigenvalue weighted by atomic mass is 9.85. The highest BCUT2D eigenvalue weighted by molar-refractivity contribution is 7.47. The van der Waals surface area contributed by atoms with Crippen molar-refractivity contribution in [1.82, 2.24) is 0 Å². The zero-order valence-corrected chi connectivity index (χ0v) is 42.1. The summed E-state index contributed by atoms with van der Waals surface area (Å²) in [4.78, 5) is 10.5. The molecule has 0 aliphatic heterocycles. The van der Waals surface area contributed by atoms with Gasteiger partial charge in [-0.25, -0.2) is 4.57 Å². The number of ether oxygens (including phenoxy) is 2. The number of hydrogen-bond acceptors (Lipinski definition) is 11. The highest BCUT2D eigenvalue weighted by Crippen LogP contribution is 2.47. The lowest BCUT2D eigenvalue weighted by Gasteiger charge is -2.41. The first-order valence-electron chi connectivity index (χ1n) is 25.0. The molecule has 1 aliphatic carbocycles. The molecule has 4 unspecified atom stereocenters. The van der Waals surface area contributed by atoms with Crippen LogP contribution < -0.4 is 0 Å². The Bertz CT molecular complexity index is 1130. The van der Waals surface area contributed by atoms with Gasteiger partial charge in [0.05, 0.1) is 18.8 Å². The number of phosphoric acid groups is 1. The summed E-state index contributed by atoms with van der Waals surface area (Å²) in [5.74, 6) is 4.89. The van der Waals surface area contributed by atoms with E-state index < -0.39 is 62.8 Å². The van der Waals surface area contributed by atoms with Crippen molar-refractivity contribution in [2.45, 2.75) is 246 Å². The maximum Gasteiger partial charge on any atom is 0.472 e. The summed E-state index contributed by atoms with van der Waals surface area (Å²) in [5.41, 5.74) is -0.968. The van der Waals surface area contributed by atoms with Crippen molar-refractivity contribution in [2.75, 3.05) is 26.4 Å². The molecule has 0 radical (unpaired) electrons. The quantitative estimate of drug-likeness (QED) is 0.0229. The molecule has 0 aromatic heterocycles. The minimum atomic E-state index is -4.98. The van der Waals surface area contributed by atoms with Crippen LogP contribution in [0.15, 0.2) is 0 Å². The lowest BCUT2D eigenvalue weighted by Crippen LogP contribution is -2.64. The van der Waals surface area contributed by atoms with E-state index in [0.29, 0.717) is 31.3 Å². The van der Waals surface area contributed by atoms with Crippen LogP contribution in [-0.2, 0) is 23.1 Å². The van der Waals surface area contributed by atoms with Crippen molar-refractivity contribution in [2.24, 2.45) is 41.4 Å². The van der Waals surface area contributed by atoms with Gasteiger partial charge in [-0.15, -0.1) is 0 Å². The molecule has 1 fully saturated rings. The van der Waals surface area contributed by atoms with Gasteiger partial charge in [0, 0.05) is 13.2 Å². The second-order valence-electron chi connectivity index (χ2n) is 21.3. The molecular formula is C49H99O12P. The number of aliphatic hydroxyl groups is 6. The van der Waals surface area contributed by atoms with E-state index in [4.69, 9.17) is 18.5 Å². The first-order valence-corrected chi connectivity index (χ1v) is 26.5. The number of hydrogen-bond donors (Lipinski definition) is 7. The van der Waals surface area contributed by atoms with Gasteiger partial charge in [-0.2, -0.15) is 0 Å². The van der Waals surface area contributed by atoms with Crippen LogP contribution in [-0.4, -0.2) is 110 Å². The molecule has 372 valence electrons. The van der Waals surface area contributed by atoms with Crippen LogP contribution in [0.2, 0.25) is 0 Å². The molecule has 1 rings (SSSR count). The fraction of sp³-hybridized carbons (Fsp3) is 1.00. The van der Waals surface area contributed by atoms with Crippen LogP contribution in [0.25, 0.3) is 0 Å². The van der Waals surface area contributed by atoms with Gasteiger partial charge >= 0.3 is 7.82 Å². The maximum atomic E-state index is 13.0. The third-order valence-electron chi connectivity index (χ3n) is 13.4. The molecule has 1 aliphatic rings. The molecular weight excluding hydrogens is 812 g/mol. The topological polar surface area (TPSA) is 196 Å². The number of aliphatic hydroxyl groups excluding tert-OH is 5. The van der Waals surface area contributed by atoms with Gasteiger partial charge in [0.2, 0.25) is 0 Å². The van der Waals surface area contributed by atoms with Gasteiger partial charge in [0.15, 0.2) is 0 Å². The average molecular weight is 911 g/mol. The van der Waals surface area contributed by atoms with E-state index in [2.05, 4.69) is 62.3 Å². The van der Waals surface area contributed by atoms with Gasteiger partial charge in [0.25, 0.3) is 0 Å². The van der Waals surface area contributed by atoms with Crippen LogP contribution in [0.5, 0.6) is 0 Å². The van der Waals surface area contributed by atoms with Crippen LogP contribution in [0.1, 0.15) is 198 Å². The predicted molar refractivity (Wildman–Crippen MR) is 250 cm³/mol. The van der Waals surface area contributed by atoms with Gasteiger partial charge < -0.3 is 45.0 Å². The Balaban J connectivity index is 2.61. The highest BCUT2D eigenvalue weighted by Gasteiger charge is 2.51. The Morgan fingerprint density at radius 2 is 0.871 bits per heavy atom. The van der Waals surface area contributed by atoms with Crippen LogP contribution >= 0.6 is 7.82 Å². The van der Waals surface area contributed by atoms with Gasteiger partial charge in [-0.1, -0.05) is 171 Å². The molecule has 0 bridgehead atoms. The Morgan fingerprint density at radius 3 is 1.29 bits per heavy atom. The predicted octanol–water partition coefficient (Wildman–Crippen LogP) is 9.75. The summed E-state index contributed by atoms with van der Waals surface area (Å²) >= 11 is 0. The highest BCUT2D eigenvalue weighted by atomic mass is 31.2. The Kier molecular flexibility index (Phi) is 31.3. The minimum Gasteiger partial charge on any atom is -0.390 e. The zero-order chi connectivity index (χ0) is 46.9. The maximum absolute atomic E-state index is 13.0. The van der Waals surface area contributed by atoms with Gasteiger partial charge in [-0.05, 0) is 67.6 Å². The Morgan fingerprint density at radius 1 is 0.500 bits per heavy atom. The van der Waals surface area contributed by atoms with Crippen molar-refractivity contribution in [1.29, 1.82) is 0 Å². The third kappa shape index (κ3) is 28.1. The number of phosphoric ester groups is 1. The van der Waals surface area contributed by atoms with Gasteiger partial charge in [-0.3, -0.25) is 9.05 Å². The normalized spacial score (nSPS) is 25.9. The fourth-order valence-corrected chi connectivity index (χ4v) is 9.62. The third-order valence-corrected chi connectivity index (χ3v) is 14.3. The molecule has 13 heteroatoms. The molecule has 0 aromatic carbocycles. The number of rotatable bonds is 38. The first-order chi connectivity index (χ1) is 29.0. The summed E-state index contributed by atoms with van der Waals surface area (Å²) in [6.07, 6.45) is 10.4. The summed E-state index contributed by atoms with van der Waals surface area (Å²) in [7, 11) is -4.98. The minimum absolute atomic E-state index is 0.0496. The smallest absolute Gasteiger partial charge is 0.390 e. The Labute approximate surface area is 379 Å². The van der Waals surface area contributed by atoms with Crippen molar-refractivity contribution < 1.29 is 58.6 Å². The van der Waals surface area contributed by atoms with E-state index in [9.17, 15) is 40.1 Å². The van der Waals surface area contributed by atoms with Crippen molar-refractivity contribution >= 4 is 7.82 Å². The lowest BCUT2D eigenvalue weighted by molar-refractivity contribution is -0.220. The van der Waals surface area contributed by atoms with E-state index in [0.717, 1.165) is 55.3 Å². The summed E-state index contributed by atoms with van der Waals surface area (Å²) in [6.45, 7) is 22.8. The molecule has 0 spiro atoms. The molecule has 0 saturated heterocycles. The summed E-state index contributed by atoms with van der Waals surface area (Å²) in [6, 6.07) is 0. The van der Waals surface area contributed by atoms with Crippen LogP contribution in [0.3, 0.4) is 0 Å². The van der Waals surface area contributed by atoms with Crippen LogP contribution in [0.4, 0.5) is 0 Å². The fourth-order valence-electron chi connectivity index (χ4n) is 8.64. The second kappa shape index (κ2) is 32.5. The molecule has 0 heterocycles. The SMILES string of the molecule is CC(C)CCC[C@@H](C)CCC[C@@H](C)CCC[C@@H](C)CCOC[C@@H](COP(=O)(O)OC1[C@@H](O)[C@H](O)C(O)[C@H](O)[C@@H]1O)OCCC(C)(O)CCC[C@H](C)CCC[C@H](C)CCCC(C)C. The molecule has 7 N–H and O–H groups in total. The Hall–Kier alpha value is -0.210. The van der Waals surface area contributed by atoms with Crippen molar-refractivity contribution in [3.05, 3.63) is 0 Å². The molecule has 62 heavy (non-hydrogen) atoms. The van der Waals surface area contributed by atoms with Crippen molar-refractivity contribution in [3.8, 4) is 0 Å². The van der Waals surface area contributed by atoms with E-state index in [1.54, 1.807) is 6.92 Å². The molecule has 14 atom stereocenters. The van der Waals surface area contributed by atoms with Crippen LogP contribution in [0, 0.1) is 41.4 Å². The molecule has 1 saturated carbocycles. The average Bonchev–Trinajstić information content (AvgIpc) is 3.18. The van der Waals surface area contributed by atoms with Gasteiger partial charge in [0.1, 0.15) is 42.7 Å². The molecule has 12 nitrogen and oxygen atoms in total. The largest absolute Gasteiger partial charge is 0.472 e. The zero-order valence-electron chi connectivity index (χ0n) is 41.2. The van der Waals surface area contributed by atoms with E-state index >= 15 is 0 Å². The van der Waals surface area contributed by atoms with E-state index in [1.165, 1.54) is 89.9 Å². The standard InChI is InChI=1S/C49H99O12P/c1-35(2)17-11-19-37(5)21-13-23-39(7)24-15-26-41(9)28-31-58-33-42(34-60-62(56,57)61-48-46(53)44(51)43(50)45(52)47(48)54)59-32-30-49(10,55)29-16-27-40(8)25-14-22-38(6)20-12-18-36(3)4/h35-48,50-55H,11-34H2,1-10H3,(H,56,57)/t37-,38-,39-,40-,41-,42+,43?,44-,45+,46+,47+,48?,49?/m1/s1. The second-order valence-corrected chi connectivity index (χ2v) is 22.7. The molecule has 0 amide bonds.